The zero-order chi connectivity index (χ0) is 11.1. The van der Waals surface area contributed by atoms with E-state index in [1.807, 2.05) is 13.1 Å². The highest BCUT2D eigenvalue weighted by molar-refractivity contribution is 5.28. The number of aliphatic hydroxyl groups is 2. The van der Waals surface area contributed by atoms with Crippen molar-refractivity contribution in [1.29, 1.82) is 0 Å². The van der Waals surface area contributed by atoms with Gasteiger partial charge in [-0.15, -0.1) is 0 Å². The second kappa shape index (κ2) is 6.58. The van der Waals surface area contributed by atoms with Gasteiger partial charge < -0.3 is 20.3 Å². The van der Waals surface area contributed by atoms with Gasteiger partial charge in [0.05, 0.1) is 19.8 Å². The van der Waals surface area contributed by atoms with Crippen molar-refractivity contribution in [2.75, 3.05) is 33.4 Å². The number of hydrogen-bond acceptors (Lipinski definition) is 5. The lowest BCUT2D eigenvalue weighted by Crippen LogP contribution is -2.29. The quantitative estimate of drug-likeness (QED) is 0.424. The molecule has 1 rings (SSSR count). The second-order valence-electron chi connectivity index (χ2n) is 3.23. The van der Waals surface area contributed by atoms with Gasteiger partial charge in [-0.1, -0.05) is 6.08 Å². The number of ether oxygens (including phenoxy) is 1. The first-order chi connectivity index (χ1) is 7.27. The molecule has 0 aromatic heterocycles. The van der Waals surface area contributed by atoms with Gasteiger partial charge in [-0.25, -0.2) is 0 Å². The van der Waals surface area contributed by atoms with Crippen molar-refractivity contribution in [3.8, 4) is 0 Å². The van der Waals surface area contributed by atoms with E-state index in [4.69, 9.17) is 9.84 Å². The molecule has 0 amide bonds. The van der Waals surface area contributed by atoms with Crippen molar-refractivity contribution in [3.05, 3.63) is 23.4 Å². The van der Waals surface area contributed by atoms with Gasteiger partial charge in [0.25, 0.3) is 0 Å². The predicted molar refractivity (Wildman–Crippen MR) is 57.1 cm³/mol. The highest BCUT2D eigenvalue weighted by Crippen LogP contribution is 2.12. The van der Waals surface area contributed by atoms with Gasteiger partial charge in [0.1, 0.15) is 6.23 Å². The molecule has 0 spiro atoms. The lowest BCUT2D eigenvalue weighted by atomic mass is 10.2. The topological polar surface area (TPSA) is 73.8 Å². The SMILES string of the molecule is CNC1=C(/C=C/C(O)NCCO)COC1. The Hall–Kier alpha value is -0.880. The largest absolute Gasteiger partial charge is 0.395 e. The van der Waals surface area contributed by atoms with Gasteiger partial charge in [-0.3, -0.25) is 5.32 Å². The van der Waals surface area contributed by atoms with Crippen molar-refractivity contribution in [2.45, 2.75) is 6.23 Å². The Morgan fingerprint density at radius 3 is 3.00 bits per heavy atom. The van der Waals surface area contributed by atoms with E-state index >= 15 is 0 Å². The molecule has 15 heavy (non-hydrogen) atoms. The zero-order valence-corrected chi connectivity index (χ0v) is 8.86. The molecule has 1 aliphatic rings. The summed E-state index contributed by atoms with van der Waals surface area (Å²) in [7, 11) is 1.85. The van der Waals surface area contributed by atoms with Crippen LogP contribution in [0.5, 0.6) is 0 Å². The Morgan fingerprint density at radius 2 is 2.33 bits per heavy atom. The number of aliphatic hydroxyl groups excluding tert-OH is 2. The van der Waals surface area contributed by atoms with Crippen LogP contribution in [0.1, 0.15) is 0 Å². The highest BCUT2D eigenvalue weighted by atomic mass is 16.5. The van der Waals surface area contributed by atoms with Crippen molar-refractivity contribution < 1.29 is 14.9 Å². The molecule has 4 N–H and O–H groups in total. The molecule has 5 heteroatoms. The summed E-state index contributed by atoms with van der Waals surface area (Å²) in [6.07, 6.45) is 2.73. The minimum Gasteiger partial charge on any atom is -0.395 e. The molecule has 0 saturated carbocycles. The highest BCUT2D eigenvalue weighted by Gasteiger charge is 2.11. The van der Waals surface area contributed by atoms with Crippen LogP contribution >= 0.6 is 0 Å². The maximum atomic E-state index is 9.41. The fraction of sp³-hybridized carbons (Fsp3) is 0.600. The van der Waals surface area contributed by atoms with Gasteiger partial charge in [-0.05, 0) is 11.6 Å². The maximum Gasteiger partial charge on any atom is 0.124 e. The third-order valence-corrected chi connectivity index (χ3v) is 2.14. The molecule has 0 aliphatic carbocycles. The molecule has 1 aliphatic heterocycles. The summed E-state index contributed by atoms with van der Waals surface area (Å²) in [4.78, 5) is 0. The summed E-state index contributed by atoms with van der Waals surface area (Å²) >= 11 is 0. The normalized spacial score (nSPS) is 18.9. The third-order valence-electron chi connectivity index (χ3n) is 2.14. The molecule has 0 bridgehead atoms. The van der Waals surface area contributed by atoms with Crippen LogP contribution in [0.15, 0.2) is 23.4 Å². The van der Waals surface area contributed by atoms with E-state index in [-0.39, 0.29) is 6.61 Å². The van der Waals surface area contributed by atoms with Gasteiger partial charge in [0.15, 0.2) is 0 Å². The van der Waals surface area contributed by atoms with Crippen molar-refractivity contribution >= 4 is 0 Å². The van der Waals surface area contributed by atoms with Crippen LogP contribution in [-0.4, -0.2) is 49.9 Å². The second-order valence-corrected chi connectivity index (χ2v) is 3.23. The molecule has 0 saturated heterocycles. The smallest absolute Gasteiger partial charge is 0.124 e. The summed E-state index contributed by atoms with van der Waals surface area (Å²) in [5.41, 5.74) is 2.09. The average Bonchev–Trinajstić information content (AvgIpc) is 2.70. The standard InChI is InChI=1S/C10H18N2O3/c1-11-9-7-15-6-8(9)2-3-10(14)12-4-5-13/h2-3,10-14H,4-7H2,1H3/b3-2+. The number of rotatable bonds is 6. The van der Waals surface area contributed by atoms with Crippen LogP contribution in [0.25, 0.3) is 0 Å². The van der Waals surface area contributed by atoms with Crippen LogP contribution in [0, 0.1) is 0 Å². The molecule has 1 unspecified atom stereocenters. The van der Waals surface area contributed by atoms with Crippen molar-refractivity contribution in [1.82, 2.24) is 10.6 Å². The van der Waals surface area contributed by atoms with Gasteiger partial charge in [-0.2, -0.15) is 0 Å². The summed E-state index contributed by atoms with van der Waals surface area (Å²) in [6.45, 7) is 1.55. The first-order valence-electron chi connectivity index (χ1n) is 4.96. The molecule has 5 nitrogen and oxygen atoms in total. The Balaban J connectivity index is 2.42. The van der Waals surface area contributed by atoms with E-state index in [0.29, 0.717) is 19.8 Å². The van der Waals surface area contributed by atoms with Crippen molar-refractivity contribution in [2.24, 2.45) is 0 Å². The Bertz CT molecular complexity index is 251. The fourth-order valence-corrected chi connectivity index (χ4v) is 1.31. The average molecular weight is 214 g/mol. The van der Waals surface area contributed by atoms with E-state index in [1.165, 1.54) is 0 Å². The molecular weight excluding hydrogens is 196 g/mol. The van der Waals surface area contributed by atoms with E-state index in [0.717, 1.165) is 11.3 Å². The van der Waals surface area contributed by atoms with Crippen LogP contribution in [0.3, 0.4) is 0 Å². The maximum absolute atomic E-state index is 9.41. The Kier molecular flexibility index (Phi) is 5.34. The monoisotopic (exact) mass is 214 g/mol. The number of likely N-dealkylation sites (N-methyl/N-ethyl adjacent to an activating group) is 1. The Labute approximate surface area is 89.4 Å². The molecule has 1 atom stereocenters. The molecule has 1 heterocycles. The molecule has 86 valence electrons. The van der Waals surface area contributed by atoms with E-state index in [9.17, 15) is 5.11 Å². The van der Waals surface area contributed by atoms with Crippen LogP contribution in [-0.2, 0) is 4.74 Å². The van der Waals surface area contributed by atoms with Crippen LogP contribution < -0.4 is 10.6 Å². The van der Waals surface area contributed by atoms with Crippen LogP contribution in [0.4, 0.5) is 0 Å². The summed E-state index contributed by atoms with van der Waals surface area (Å²) in [5, 5.41) is 23.7. The lowest BCUT2D eigenvalue weighted by Gasteiger charge is -2.06. The Morgan fingerprint density at radius 1 is 1.53 bits per heavy atom. The predicted octanol–water partition coefficient (Wildman–Crippen LogP) is -1.05. The molecular formula is C10H18N2O3. The summed E-state index contributed by atoms with van der Waals surface area (Å²) < 4.78 is 5.24. The first kappa shape index (κ1) is 12.2. The fourth-order valence-electron chi connectivity index (χ4n) is 1.31. The van der Waals surface area contributed by atoms with Crippen LogP contribution in [0.2, 0.25) is 0 Å². The molecule has 0 fully saturated rings. The molecule has 0 radical (unpaired) electrons. The van der Waals surface area contributed by atoms with Crippen molar-refractivity contribution in [3.63, 3.8) is 0 Å². The minimum atomic E-state index is -0.733. The zero-order valence-electron chi connectivity index (χ0n) is 8.86. The third kappa shape index (κ3) is 4.01. The lowest BCUT2D eigenvalue weighted by molar-refractivity contribution is 0.170. The van der Waals surface area contributed by atoms with E-state index in [2.05, 4.69) is 10.6 Å². The first-order valence-corrected chi connectivity index (χ1v) is 4.96. The van der Waals surface area contributed by atoms with Gasteiger partial charge in [0, 0.05) is 19.3 Å². The van der Waals surface area contributed by atoms with E-state index < -0.39 is 6.23 Å². The molecule has 0 aromatic carbocycles. The summed E-state index contributed by atoms with van der Waals surface area (Å²) in [6, 6.07) is 0. The minimum absolute atomic E-state index is 0.0124. The van der Waals surface area contributed by atoms with E-state index in [1.54, 1.807) is 6.08 Å². The van der Waals surface area contributed by atoms with Gasteiger partial charge in [0.2, 0.25) is 0 Å². The van der Waals surface area contributed by atoms with Gasteiger partial charge >= 0.3 is 0 Å². The molecule has 0 aromatic rings. The number of nitrogens with one attached hydrogen (secondary N) is 2. The summed E-state index contributed by atoms with van der Waals surface area (Å²) in [5.74, 6) is 0. The number of hydrogen-bond donors (Lipinski definition) is 4.